The van der Waals surface area contributed by atoms with Gasteiger partial charge in [0.2, 0.25) is 0 Å². The molecule has 1 atom stereocenters. The van der Waals surface area contributed by atoms with Crippen molar-refractivity contribution in [1.29, 1.82) is 0 Å². The second-order valence-electron chi connectivity index (χ2n) is 12.4. The third-order valence-corrected chi connectivity index (χ3v) is 8.39. The van der Waals surface area contributed by atoms with Gasteiger partial charge in [-0.25, -0.2) is 19.2 Å². The highest BCUT2D eigenvalue weighted by molar-refractivity contribution is 6.01. The van der Waals surface area contributed by atoms with Crippen molar-refractivity contribution in [3.05, 3.63) is 125 Å². The summed E-state index contributed by atoms with van der Waals surface area (Å²) in [6.45, 7) is 10.6. The lowest BCUT2D eigenvalue weighted by Crippen LogP contribution is -2.32. The summed E-state index contributed by atoms with van der Waals surface area (Å²) in [5.74, 6) is -4.49. The molecule has 2 aliphatic heterocycles. The molecule has 16 nitrogen and oxygen atoms in total. The predicted molar refractivity (Wildman–Crippen MR) is 191 cm³/mol. The number of carbonyl (C=O) groups excluding carboxylic acids is 4. The maximum absolute atomic E-state index is 12.9. The summed E-state index contributed by atoms with van der Waals surface area (Å²) in [4.78, 5) is 72.0. The van der Waals surface area contributed by atoms with Gasteiger partial charge in [0, 0.05) is 46.0 Å². The van der Waals surface area contributed by atoms with E-state index in [1.165, 1.54) is 57.7 Å². The number of nitro benzene ring substituents is 2. The lowest BCUT2D eigenvalue weighted by Gasteiger charge is -2.30. The number of benzene rings is 2. The van der Waals surface area contributed by atoms with E-state index in [1.54, 1.807) is 39.8 Å². The van der Waals surface area contributed by atoms with Crippen LogP contribution in [0.2, 0.25) is 0 Å². The van der Waals surface area contributed by atoms with Gasteiger partial charge in [0.25, 0.3) is 11.4 Å². The Balaban J connectivity index is 0.000000287. The normalized spacial score (nSPS) is 15.8. The second-order valence-corrected chi connectivity index (χ2v) is 12.4. The van der Waals surface area contributed by atoms with Gasteiger partial charge in [-0.2, -0.15) is 0 Å². The van der Waals surface area contributed by atoms with Crippen molar-refractivity contribution in [2.24, 2.45) is 5.92 Å². The largest absolute Gasteiger partial charge is 0.466 e. The summed E-state index contributed by atoms with van der Waals surface area (Å²) in [5, 5.41) is 29.0. The first-order valence-electron chi connectivity index (χ1n) is 16.3. The molecule has 0 saturated heterocycles. The Morgan fingerprint density at radius 2 is 0.906 bits per heavy atom. The average Bonchev–Trinajstić information content (AvgIpc) is 3.12. The molecule has 2 aliphatic rings. The molecule has 0 saturated carbocycles. The number of nitro groups is 2. The van der Waals surface area contributed by atoms with Gasteiger partial charge in [-0.3, -0.25) is 20.2 Å². The quantitative estimate of drug-likeness (QED) is 0.136. The van der Waals surface area contributed by atoms with Gasteiger partial charge in [-0.15, -0.1) is 0 Å². The van der Waals surface area contributed by atoms with Crippen LogP contribution in [0.4, 0.5) is 11.4 Å². The summed E-state index contributed by atoms with van der Waals surface area (Å²) in [7, 11) is 3.64. The maximum atomic E-state index is 12.9. The number of hydrogen-bond acceptors (Lipinski definition) is 14. The van der Waals surface area contributed by atoms with Crippen LogP contribution in [0.3, 0.4) is 0 Å². The van der Waals surface area contributed by atoms with Crippen molar-refractivity contribution in [2.45, 2.75) is 53.4 Å². The Hall–Kier alpha value is -6.32. The Morgan fingerprint density at radius 3 is 1.19 bits per heavy atom. The van der Waals surface area contributed by atoms with Gasteiger partial charge < -0.3 is 29.6 Å². The van der Waals surface area contributed by atoms with Crippen LogP contribution in [0.1, 0.15) is 64.5 Å². The monoisotopic (exact) mass is 734 g/mol. The van der Waals surface area contributed by atoms with E-state index in [9.17, 15) is 39.4 Å². The Labute approximate surface area is 305 Å². The first kappa shape index (κ1) is 41.1. The SMILES string of the molecule is COC(=O)C1=C(C)NC(C)=C(C(=O)OC)C1c1ccccc1[N+](=O)[O-].COC(=O)C1=C(C)NC(C)=C(C(=O)OCC(C)C)C1c1ccccc1[N+](=O)[O-]. The summed E-state index contributed by atoms with van der Waals surface area (Å²) < 4.78 is 19.9. The molecule has 0 spiro atoms. The molecule has 2 heterocycles. The molecular weight excluding hydrogens is 692 g/mol. The van der Waals surface area contributed by atoms with Crippen molar-refractivity contribution in [1.82, 2.24) is 10.6 Å². The first-order valence-corrected chi connectivity index (χ1v) is 16.3. The number of allylic oxidation sites excluding steroid dienone is 4. The molecule has 282 valence electrons. The molecular formula is C37H42N4O12. The summed E-state index contributed by atoms with van der Waals surface area (Å²) in [5.41, 5.74) is 2.46. The second kappa shape index (κ2) is 17.7. The van der Waals surface area contributed by atoms with Gasteiger partial charge in [0.15, 0.2) is 0 Å². The van der Waals surface area contributed by atoms with Gasteiger partial charge in [-0.05, 0) is 33.6 Å². The van der Waals surface area contributed by atoms with E-state index in [1.807, 2.05) is 13.8 Å². The zero-order chi connectivity index (χ0) is 39.7. The van der Waals surface area contributed by atoms with Crippen LogP contribution in [0.25, 0.3) is 0 Å². The number of ether oxygens (including phenoxy) is 4. The molecule has 0 bridgehead atoms. The lowest BCUT2D eigenvalue weighted by atomic mass is 9.79. The Morgan fingerprint density at radius 1 is 0.604 bits per heavy atom. The highest BCUT2D eigenvalue weighted by Gasteiger charge is 2.42. The first-order chi connectivity index (χ1) is 25.0. The molecule has 0 aromatic heterocycles. The standard InChI is InChI=1S/C20H24N2O6.C17H18N2O6/c1-11(2)10-28-20(24)17-13(4)21-12(3)16(19(23)27-5)18(17)14-8-6-7-9-15(14)22(25)26;1-9-13(16(20)24-3)15(14(10(2)18-9)17(21)25-4)11-7-5-6-8-12(11)19(22)23/h6-9,11,18,21H,10H2,1-5H3;5-8,15,18H,1-4H3. The van der Waals surface area contributed by atoms with E-state index in [-0.39, 0.29) is 57.3 Å². The number of nitrogens with zero attached hydrogens (tertiary/aromatic N) is 2. The van der Waals surface area contributed by atoms with Crippen LogP contribution in [0, 0.1) is 26.1 Å². The van der Waals surface area contributed by atoms with Gasteiger partial charge in [-0.1, -0.05) is 50.2 Å². The Bertz CT molecular complexity index is 1920. The molecule has 16 heteroatoms. The fourth-order valence-corrected chi connectivity index (χ4v) is 6.14. The molecule has 0 radical (unpaired) electrons. The highest BCUT2D eigenvalue weighted by Crippen LogP contribution is 2.44. The van der Waals surface area contributed by atoms with E-state index in [2.05, 4.69) is 10.6 Å². The minimum absolute atomic E-state index is 0.114. The number of para-hydroxylation sites is 2. The Kier molecular flexibility index (Phi) is 13.8. The average molecular weight is 735 g/mol. The molecule has 2 N–H and O–H groups in total. The number of methoxy groups -OCH3 is 3. The molecule has 0 fully saturated rings. The maximum Gasteiger partial charge on any atom is 0.336 e. The van der Waals surface area contributed by atoms with Gasteiger partial charge in [0.05, 0.1) is 71.9 Å². The number of nitrogens with one attached hydrogen (secondary N) is 2. The number of dihydropyridines is 2. The van der Waals surface area contributed by atoms with Crippen LogP contribution in [0.5, 0.6) is 0 Å². The zero-order valence-electron chi connectivity index (χ0n) is 30.9. The van der Waals surface area contributed by atoms with E-state index in [0.29, 0.717) is 22.8 Å². The number of rotatable bonds is 10. The minimum atomic E-state index is -0.977. The van der Waals surface area contributed by atoms with Gasteiger partial charge in [0.1, 0.15) is 0 Å². The fourth-order valence-electron chi connectivity index (χ4n) is 6.14. The van der Waals surface area contributed by atoms with E-state index in [0.717, 1.165) is 0 Å². The number of carbonyl (C=O) groups is 4. The fraction of sp³-hybridized carbons (Fsp3) is 0.351. The summed E-state index contributed by atoms with van der Waals surface area (Å²) >= 11 is 0. The number of esters is 4. The molecule has 4 rings (SSSR count). The third kappa shape index (κ3) is 8.95. The van der Waals surface area contributed by atoms with Crippen LogP contribution >= 0.6 is 0 Å². The van der Waals surface area contributed by atoms with Gasteiger partial charge >= 0.3 is 23.9 Å². The predicted octanol–water partition coefficient (Wildman–Crippen LogP) is 5.38. The molecule has 1 unspecified atom stereocenters. The van der Waals surface area contributed by atoms with Crippen molar-refractivity contribution in [3.8, 4) is 0 Å². The molecule has 2 aromatic carbocycles. The third-order valence-electron chi connectivity index (χ3n) is 8.39. The van der Waals surface area contributed by atoms with Crippen LogP contribution < -0.4 is 10.6 Å². The minimum Gasteiger partial charge on any atom is -0.466 e. The van der Waals surface area contributed by atoms with Crippen LogP contribution in [-0.2, 0) is 38.1 Å². The highest BCUT2D eigenvalue weighted by atomic mass is 16.6. The van der Waals surface area contributed by atoms with Crippen molar-refractivity contribution >= 4 is 35.3 Å². The molecule has 2 aromatic rings. The topological polar surface area (TPSA) is 216 Å². The van der Waals surface area contributed by atoms with Crippen LogP contribution in [0.15, 0.2) is 93.6 Å². The summed E-state index contributed by atoms with van der Waals surface area (Å²) in [6, 6.07) is 12.0. The van der Waals surface area contributed by atoms with Crippen LogP contribution in [-0.4, -0.2) is 61.7 Å². The zero-order valence-corrected chi connectivity index (χ0v) is 30.9. The molecule has 0 aliphatic carbocycles. The smallest absolute Gasteiger partial charge is 0.336 e. The van der Waals surface area contributed by atoms with E-state index in [4.69, 9.17) is 18.9 Å². The molecule has 53 heavy (non-hydrogen) atoms. The van der Waals surface area contributed by atoms with E-state index >= 15 is 0 Å². The summed E-state index contributed by atoms with van der Waals surface area (Å²) in [6.07, 6.45) is 0. The molecule has 0 amide bonds. The van der Waals surface area contributed by atoms with E-state index < -0.39 is 45.6 Å². The van der Waals surface area contributed by atoms with Crippen molar-refractivity contribution in [3.63, 3.8) is 0 Å². The number of hydrogen-bond donors (Lipinski definition) is 2. The van der Waals surface area contributed by atoms with Crippen molar-refractivity contribution < 1.29 is 48.0 Å². The lowest BCUT2D eigenvalue weighted by molar-refractivity contribution is -0.385. The van der Waals surface area contributed by atoms with Crippen molar-refractivity contribution in [2.75, 3.05) is 27.9 Å².